The van der Waals surface area contributed by atoms with Crippen LogP contribution in [0.4, 0.5) is 0 Å². The monoisotopic (exact) mass is 398 g/mol. The lowest BCUT2D eigenvalue weighted by molar-refractivity contribution is 0.0698. The van der Waals surface area contributed by atoms with Gasteiger partial charge in [-0.25, -0.2) is 8.42 Å². The summed E-state index contributed by atoms with van der Waals surface area (Å²) in [5.74, 6) is -0.160. The van der Waals surface area contributed by atoms with Gasteiger partial charge in [-0.05, 0) is 30.7 Å². The summed E-state index contributed by atoms with van der Waals surface area (Å²) in [5, 5.41) is 0.410. The van der Waals surface area contributed by atoms with Crippen LogP contribution in [0.3, 0.4) is 0 Å². The highest BCUT2D eigenvalue weighted by Crippen LogP contribution is 2.26. The zero-order valence-corrected chi connectivity index (χ0v) is 16.2. The number of hydrogen-bond donors (Lipinski definition) is 0. The van der Waals surface area contributed by atoms with E-state index in [1.807, 2.05) is 13.0 Å². The summed E-state index contributed by atoms with van der Waals surface area (Å²) in [7, 11) is -3.49. The van der Waals surface area contributed by atoms with Gasteiger partial charge in [0.25, 0.3) is 15.9 Å². The Morgan fingerprint density at radius 1 is 1.12 bits per heavy atom. The number of piperazine rings is 1. The summed E-state index contributed by atoms with van der Waals surface area (Å²) >= 11 is 7.40. The smallest absolute Gasteiger partial charge is 0.255 e. The van der Waals surface area contributed by atoms with Crippen molar-refractivity contribution < 1.29 is 13.2 Å². The van der Waals surface area contributed by atoms with Gasteiger partial charge in [0.1, 0.15) is 4.21 Å². The topological polar surface area (TPSA) is 57.7 Å². The van der Waals surface area contributed by atoms with Gasteiger partial charge in [0.2, 0.25) is 0 Å². The van der Waals surface area contributed by atoms with Crippen molar-refractivity contribution in [1.82, 2.24) is 9.21 Å². The third-order valence-corrected chi connectivity index (χ3v) is 8.13. The van der Waals surface area contributed by atoms with Crippen LogP contribution < -0.4 is 0 Å². The normalized spacial score (nSPS) is 16.2. The number of sulfonamides is 1. The molecule has 1 aliphatic heterocycles. The second kappa shape index (κ2) is 7.45. The molecule has 25 heavy (non-hydrogen) atoms. The molecule has 0 N–H and O–H groups in total. The van der Waals surface area contributed by atoms with Crippen molar-refractivity contribution in [3.8, 4) is 0 Å². The Kier molecular flexibility index (Phi) is 5.48. The molecule has 1 aliphatic rings. The van der Waals surface area contributed by atoms with Gasteiger partial charge < -0.3 is 4.90 Å². The van der Waals surface area contributed by atoms with Crippen molar-refractivity contribution in [1.29, 1.82) is 0 Å². The summed E-state index contributed by atoms with van der Waals surface area (Å²) < 4.78 is 27.3. The zero-order valence-electron chi connectivity index (χ0n) is 13.8. The lowest BCUT2D eigenvalue weighted by Gasteiger charge is -2.33. The molecule has 3 rings (SSSR count). The van der Waals surface area contributed by atoms with Crippen LogP contribution in [-0.4, -0.2) is 49.7 Å². The summed E-state index contributed by atoms with van der Waals surface area (Å²) in [6, 6.07) is 10.4. The molecule has 1 fully saturated rings. The first-order valence-corrected chi connectivity index (χ1v) is 10.7. The molecule has 0 radical (unpaired) electrons. The molecule has 1 aromatic heterocycles. The van der Waals surface area contributed by atoms with E-state index in [0.29, 0.717) is 27.9 Å². The molecule has 1 aromatic carbocycles. The van der Waals surface area contributed by atoms with Crippen molar-refractivity contribution in [2.45, 2.75) is 17.6 Å². The third kappa shape index (κ3) is 3.74. The molecule has 0 atom stereocenters. The molecule has 0 aliphatic carbocycles. The summed E-state index contributed by atoms with van der Waals surface area (Å²) in [6.45, 7) is 3.29. The first-order valence-electron chi connectivity index (χ1n) is 8.06. The van der Waals surface area contributed by atoms with Crippen LogP contribution in [0.25, 0.3) is 0 Å². The van der Waals surface area contributed by atoms with Crippen LogP contribution in [0.5, 0.6) is 0 Å². The minimum atomic E-state index is -3.49. The molecule has 2 aromatic rings. The van der Waals surface area contributed by atoms with E-state index in [1.165, 1.54) is 15.6 Å². The highest BCUT2D eigenvalue weighted by atomic mass is 35.5. The van der Waals surface area contributed by atoms with E-state index in [0.717, 1.165) is 11.3 Å². The molecule has 8 heteroatoms. The van der Waals surface area contributed by atoms with E-state index in [-0.39, 0.29) is 19.0 Å². The van der Waals surface area contributed by atoms with Gasteiger partial charge in [0, 0.05) is 31.1 Å². The molecule has 5 nitrogen and oxygen atoms in total. The molecule has 0 saturated carbocycles. The van der Waals surface area contributed by atoms with Gasteiger partial charge in [-0.2, -0.15) is 4.31 Å². The summed E-state index contributed by atoms with van der Waals surface area (Å²) in [5.41, 5.74) is 0.450. The Morgan fingerprint density at radius 2 is 1.80 bits per heavy atom. The van der Waals surface area contributed by atoms with E-state index in [4.69, 9.17) is 11.6 Å². The number of amides is 1. The SMILES string of the molecule is CCc1ccc(S(=O)(=O)N2CCN(C(=O)c3ccccc3Cl)CC2)s1. The number of benzene rings is 1. The predicted octanol–water partition coefficient (Wildman–Crippen LogP) is 3.11. The Morgan fingerprint density at radius 3 is 2.40 bits per heavy atom. The van der Waals surface area contributed by atoms with E-state index in [9.17, 15) is 13.2 Å². The molecule has 0 unspecified atom stereocenters. The second-order valence-electron chi connectivity index (χ2n) is 5.75. The third-order valence-electron chi connectivity index (χ3n) is 4.21. The number of halogens is 1. The van der Waals surface area contributed by atoms with Crippen LogP contribution >= 0.6 is 22.9 Å². The molecular formula is C17H19ClN2O3S2. The standard InChI is InChI=1S/C17H19ClN2O3S2/c1-2-13-7-8-16(24-13)25(22,23)20-11-9-19(10-12-20)17(21)14-5-3-4-6-15(14)18/h3-8H,2,9-12H2,1H3. The van der Waals surface area contributed by atoms with Gasteiger partial charge in [-0.1, -0.05) is 30.7 Å². The van der Waals surface area contributed by atoms with Crippen molar-refractivity contribution in [2.75, 3.05) is 26.2 Å². The summed E-state index contributed by atoms with van der Waals surface area (Å²) in [4.78, 5) is 15.3. The average molecular weight is 399 g/mol. The van der Waals surface area contributed by atoms with Gasteiger partial charge in [0.15, 0.2) is 0 Å². The fourth-order valence-electron chi connectivity index (χ4n) is 2.75. The Labute approximate surface area is 156 Å². The first kappa shape index (κ1) is 18.4. The maximum absolute atomic E-state index is 12.7. The molecule has 134 valence electrons. The number of rotatable bonds is 4. The lowest BCUT2D eigenvalue weighted by atomic mass is 10.2. The minimum absolute atomic E-state index is 0.160. The maximum Gasteiger partial charge on any atom is 0.255 e. The molecule has 2 heterocycles. The number of carbonyl (C=O) groups is 1. The van der Waals surface area contributed by atoms with Crippen molar-refractivity contribution >= 4 is 38.9 Å². The lowest BCUT2D eigenvalue weighted by Crippen LogP contribution is -2.50. The maximum atomic E-state index is 12.7. The van der Waals surface area contributed by atoms with Crippen molar-refractivity contribution in [2.24, 2.45) is 0 Å². The highest BCUT2D eigenvalue weighted by molar-refractivity contribution is 7.91. The van der Waals surface area contributed by atoms with Crippen LogP contribution in [0, 0.1) is 0 Å². The van der Waals surface area contributed by atoms with Crippen LogP contribution in [-0.2, 0) is 16.4 Å². The summed E-state index contributed by atoms with van der Waals surface area (Å²) in [6.07, 6.45) is 0.820. The van der Waals surface area contributed by atoms with Gasteiger partial charge in [-0.3, -0.25) is 4.79 Å². The molecule has 0 spiro atoms. The highest BCUT2D eigenvalue weighted by Gasteiger charge is 2.31. The van der Waals surface area contributed by atoms with E-state index >= 15 is 0 Å². The Bertz CT molecular complexity index is 872. The number of hydrogen-bond acceptors (Lipinski definition) is 4. The van der Waals surface area contributed by atoms with Crippen molar-refractivity contribution in [3.05, 3.63) is 51.9 Å². The van der Waals surface area contributed by atoms with E-state index in [1.54, 1.807) is 35.2 Å². The van der Waals surface area contributed by atoms with Gasteiger partial charge >= 0.3 is 0 Å². The number of aryl methyl sites for hydroxylation is 1. The van der Waals surface area contributed by atoms with Crippen molar-refractivity contribution in [3.63, 3.8) is 0 Å². The quantitative estimate of drug-likeness (QED) is 0.795. The largest absolute Gasteiger partial charge is 0.336 e. The van der Waals surface area contributed by atoms with Crippen LogP contribution in [0.1, 0.15) is 22.2 Å². The Hall–Kier alpha value is -1.41. The molecular weight excluding hydrogens is 380 g/mol. The number of carbonyl (C=O) groups excluding carboxylic acids is 1. The average Bonchev–Trinajstić information content (AvgIpc) is 3.12. The van der Waals surface area contributed by atoms with E-state index < -0.39 is 10.0 Å². The fraction of sp³-hybridized carbons (Fsp3) is 0.353. The van der Waals surface area contributed by atoms with Gasteiger partial charge in [-0.15, -0.1) is 11.3 Å². The fourth-order valence-corrected chi connectivity index (χ4v) is 5.84. The molecule has 0 bridgehead atoms. The Balaban J connectivity index is 1.69. The first-order chi connectivity index (χ1) is 11.9. The molecule has 1 amide bonds. The predicted molar refractivity (Wildman–Crippen MR) is 99.8 cm³/mol. The number of nitrogens with zero attached hydrogens (tertiary/aromatic N) is 2. The van der Waals surface area contributed by atoms with Gasteiger partial charge in [0.05, 0.1) is 10.6 Å². The zero-order chi connectivity index (χ0) is 18.0. The van der Waals surface area contributed by atoms with Crippen LogP contribution in [0.15, 0.2) is 40.6 Å². The van der Waals surface area contributed by atoms with E-state index in [2.05, 4.69) is 0 Å². The molecule has 1 saturated heterocycles. The second-order valence-corrected chi connectivity index (χ2v) is 9.49. The van der Waals surface area contributed by atoms with Crippen LogP contribution in [0.2, 0.25) is 5.02 Å². The minimum Gasteiger partial charge on any atom is -0.336 e. The number of thiophene rings is 1.